The molecule has 0 radical (unpaired) electrons. The van der Waals surface area contributed by atoms with Crippen molar-refractivity contribution in [1.82, 2.24) is 15.3 Å². The number of amides is 2. The van der Waals surface area contributed by atoms with Crippen LogP contribution in [-0.4, -0.2) is 21.8 Å². The molecule has 1 aromatic carbocycles. The lowest BCUT2D eigenvalue weighted by Crippen LogP contribution is -2.18. The van der Waals surface area contributed by atoms with Gasteiger partial charge >= 0.3 is 0 Å². The Balaban J connectivity index is 1.30. The molecule has 0 saturated carbocycles. The summed E-state index contributed by atoms with van der Waals surface area (Å²) in [4.78, 5) is 31.8. The van der Waals surface area contributed by atoms with E-state index in [0.717, 1.165) is 0 Å². The number of aryl methyl sites for hydroxylation is 1. The molecule has 0 aliphatic heterocycles. The highest BCUT2D eigenvalue weighted by molar-refractivity contribution is 7.14. The number of hydrogen-bond donors (Lipinski definition) is 2. The summed E-state index contributed by atoms with van der Waals surface area (Å²) in [6.07, 6.45) is 1.85. The van der Waals surface area contributed by atoms with Gasteiger partial charge in [0.2, 0.25) is 11.8 Å². The Morgan fingerprint density at radius 2 is 1.97 bits per heavy atom. The first-order chi connectivity index (χ1) is 15.5. The summed E-state index contributed by atoms with van der Waals surface area (Å²) in [5, 5.41) is 7.60. The average Bonchev–Trinajstić information content (AvgIpc) is 3.52. The van der Waals surface area contributed by atoms with Gasteiger partial charge in [0.05, 0.1) is 18.3 Å². The van der Waals surface area contributed by atoms with Crippen LogP contribution < -0.4 is 10.6 Å². The Hall–Kier alpha value is -3.79. The molecule has 0 bridgehead atoms. The van der Waals surface area contributed by atoms with E-state index < -0.39 is 5.82 Å². The maximum Gasteiger partial charge on any atom is 0.226 e. The molecule has 0 saturated heterocycles. The molecule has 8 nitrogen and oxygen atoms in total. The topological polar surface area (TPSA) is 110 Å². The number of oxazole rings is 1. The number of furan rings is 1. The second-order valence-corrected chi connectivity index (χ2v) is 7.72. The summed E-state index contributed by atoms with van der Waals surface area (Å²) in [6.45, 7) is 1.73. The van der Waals surface area contributed by atoms with Gasteiger partial charge < -0.3 is 19.5 Å². The maximum atomic E-state index is 13.9. The number of aromatic nitrogens is 2. The van der Waals surface area contributed by atoms with Crippen molar-refractivity contribution in [2.75, 3.05) is 5.32 Å². The van der Waals surface area contributed by atoms with Crippen molar-refractivity contribution in [1.29, 1.82) is 0 Å². The zero-order valence-electron chi connectivity index (χ0n) is 17.1. The van der Waals surface area contributed by atoms with Crippen LogP contribution in [0.15, 0.2) is 56.8 Å². The quantitative estimate of drug-likeness (QED) is 0.408. The van der Waals surface area contributed by atoms with Gasteiger partial charge in [-0.2, -0.15) is 0 Å². The van der Waals surface area contributed by atoms with Crippen molar-refractivity contribution in [3.05, 3.63) is 65.4 Å². The molecule has 0 atom stereocenters. The molecule has 0 spiro atoms. The molecule has 32 heavy (non-hydrogen) atoms. The second-order valence-electron chi connectivity index (χ2n) is 6.86. The van der Waals surface area contributed by atoms with Crippen LogP contribution in [0.1, 0.15) is 25.0 Å². The minimum Gasteiger partial charge on any atom is -0.458 e. The average molecular weight is 454 g/mol. The fraction of sp³-hybridized carbons (Fsp3) is 0.182. The lowest BCUT2D eigenvalue weighted by molar-refractivity contribution is -0.119. The molecule has 0 unspecified atom stereocenters. The fourth-order valence-electron chi connectivity index (χ4n) is 2.88. The van der Waals surface area contributed by atoms with Gasteiger partial charge in [0.1, 0.15) is 17.3 Å². The van der Waals surface area contributed by atoms with E-state index in [0.29, 0.717) is 46.1 Å². The van der Waals surface area contributed by atoms with Crippen LogP contribution in [-0.2, 0) is 22.6 Å². The summed E-state index contributed by atoms with van der Waals surface area (Å²) < 4.78 is 25.1. The zero-order chi connectivity index (χ0) is 22.5. The van der Waals surface area contributed by atoms with Crippen LogP contribution in [0.4, 0.5) is 9.52 Å². The van der Waals surface area contributed by atoms with Crippen molar-refractivity contribution < 1.29 is 22.8 Å². The van der Waals surface area contributed by atoms with E-state index in [1.54, 1.807) is 35.7 Å². The molecule has 2 N–H and O–H groups in total. The monoisotopic (exact) mass is 454 g/mol. The smallest absolute Gasteiger partial charge is 0.226 e. The predicted octanol–water partition coefficient (Wildman–Crippen LogP) is 4.40. The van der Waals surface area contributed by atoms with Crippen LogP contribution in [0, 0.1) is 5.82 Å². The Kier molecular flexibility index (Phi) is 6.41. The molecule has 4 aromatic rings. The number of halogens is 1. The van der Waals surface area contributed by atoms with Crippen molar-refractivity contribution in [3.8, 4) is 22.8 Å². The standard InChI is InChI=1S/C22H19FN4O4S/c1-13(28)24-10-14-6-7-18(30-14)17-12-32-22(26-17)27-20(29)8-9-21-25-11-19(31-21)15-4-2-3-5-16(15)23/h2-7,11-12H,8-10H2,1H3,(H,24,28)(H,26,27,29). The van der Waals surface area contributed by atoms with E-state index in [1.807, 2.05) is 0 Å². The highest BCUT2D eigenvalue weighted by Gasteiger charge is 2.14. The molecular formula is C22H19FN4O4S. The number of nitrogens with one attached hydrogen (secondary N) is 2. The highest BCUT2D eigenvalue weighted by Crippen LogP contribution is 2.27. The second kappa shape index (κ2) is 9.56. The van der Waals surface area contributed by atoms with Crippen LogP contribution in [0.3, 0.4) is 0 Å². The first-order valence-corrected chi connectivity index (χ1v) is 10.6. The summed E-state index contributed by atoms with van der Waals surface area (Å²) in [5.41, 5.74) is 0.908. The predicted molar refractivity (Wildman–Crippen MR) is 116 cm³/mol. The van der Waals surface area contributed by atoms with Gasteiger partial charge in [-0.05, 0) is 24.3 Å². The van der Waals surface area contributed by atoms with E-state index in [9.17, 15) is 14.0 Å². The maximum absolute atomic E-state index is 13.9. The molecule has 3 aromatic heterocycles. The number of carbonyl (C=O) groups is 2. The molecule has 4 rings (SSSR count). The third-order valence-electron chi connectivity index (χ3n) is 4.44. The minimum atomic E-state index is -0.397. The largest absolute Gasteiger partial charge is 0.458 e. The molecule has 0 fully saturated rings. The van der Waals surface area contributed by atoms with Crippen molar-refractivity contribution in [2.24, 2.45) is 0 Å². The molecule has 10 heteroatoms. The Morgan fingerprint density at radius 1 is 1.12 bits per heavy atom. The van der Waals surface area contributed by atoms with Gasteiger partial charge in [0.25, 0.3) is 0 Å². The number of anilines is 1. The molecule has 2 amide bonds. The first kappa shape index (κ1) is 21.4. The van der Waals surface area contributed by atoms with Gasteiger partial charge in [0.15, 0.2) is 22.5 Å². The third kappa shape index (κ3) is 5.27. The molecule has 0 aliphatic carbocycles. The van der Waals surface area contributed by atoms with E-state index in [-0.39, 0.29) is 24.7 Å². The first-order valence-electron chi connectivity index (χ1n) is 9.76. The van der Waals surface area contributed by atoms with Gasteiger partial charge in [-0.3, -0.25) is 9.59 Å². The van der Waals surface area contributed by atoms with Crippen LogP contribution in [0.25, 0.3) is 22.8 Å². The van der Waals surface area contributed by atoms with E-state index in [2.05, 4.69) is 20.6 Å². The summed E-state index contributed by atoms with van der Waals surface area (Å²) >= 11 is 1.27. The normalized spacial score (nSPS) is 10.8. The molecule has 3 heterocycles. The Bertz CT molecular complexity index is 1250. The number of thiazole rings is 1. The molecule has 164 valence electrons. The fourth-order valence-corrected chi connectivity index (χ4v) is 3.60. The lowest BCUT2D eigenvalue weighted by atomic mass is 10.2. The SMILES string of the molecule is CC(=O)NCc1ccc(-c2csc(NC(=O)CCc3ncc(-c4ccccc4F)o3)n2)o1. The van der Waals surface area contributed by atoms with Crippen molar-refractivity contribution >= 4 is 28.3 Å². The van der Waals surface area contributed by atoms with Gasteiger partial charge in [-0.15, -0.1) is 11.3 Å². The van der Waals surface area contributed by atoms with Crippen molar-refractivity contribution in [3.63, 3.8) is 0 Å². The van der Waals surface area contributed by atoms with E-state index >= 15 is 0 Å². The highest BCUT2D eigenvalue weighted by atomic mass is 32.1. The van der Waals surface area contributed by atoms with Gasteiger partial charge in [-0.25, -0.2) is 14.4 Å². The van der Waals surface area contributed by atoms with Gasteiger partial charge in [0, 0.05) is 25.1 Å². The van der Waals surface area contributed by atoms with Crippen molar-refractivity contribution in [2.45, 2.75) is 26.3 Å². The van der Waals surface area contributed by atoms with E-state index in [4.69, 9.17) is 8.83 Å². The van der Waals surface area contributed by atoms with Gasteiger partial charge in [-0.1, -0.05) is 12.1 Å². The van der Waals surface area contributed by atoms with Crippen LogP contribution in [0.5, 0.6) is 0 Å². The van der Waals surface area contributed by atoms with Crippen LogP contribution >= 0.6 is 11.3 Å². The summed E-state index contributed by atoms with van der Waals surface area (Å²) in [6, 6.07) is 9.78. The summed E-state index contributed by atoms with van der Waals surface area (Å²) in [5.74, 6) is 1.03. The minimum absolute atomic E-state index is 0.133. The Labute approximate surface area is 186 Å². The molecular weight excluding hydrogens is 435 g/mol. The molecule has 0 aliphatic rings. The number of carbonyl (C=O) groups excluding carboxylic acids is 2. The number of benzene rings is 1. The van der Waals surface area contributed by atoms with E-state index in [1.165, 1.54) is 30.5 Å². The number of nitrogens with zero attached hydrogens (tertiary/aromatic N) is 2. The van der Waals surface area contributed by atoms with Crippen LogP contribution in [0.2, 0.25) is 0 Å². The zero-order valence-corrected chi connectivity index (χ0v) is 17.9. The summed E-state index contributed by atoms with van der Waals surface area (Å²) in [7, 11) is 0. The third-order valence-corrected chi connectivity index (χ3v) is 5.19. The number of hydrogen-bond acceptors (Lipinski definition) is 7. The lowest BCUT2D eigenvalue weighted by Gasteiger charge is -2.00. The Morgan fingerprint density at radius 3 is 2.78 bits per heavy atom. The number of rotatable bonds is 8.